The van der Waals surface area contributed by atoms with Gasteiger partial charge in [0.2, 0.25) is 12.4 Å². The Morgan fingerprint density at radius 2 is 1.35 bits per heavy atom. The monoisotopic (exact) mass is 390 g/mol. The minimum absolute atomic E-state index is 0.0207. The van der Waals surface area contributed by atoms with E-state index in [9.17, 15) is 14.4 Å². The van der Waals surface area contributed by atoms with Crippen LogP contribution in [0.4, 0.5) is 0 Å². The summed E-state index contributed by atoms with van der Waals surface area (Å²) in [5.74, 6) is -1.75. The molecule has 0 saturated carbocycles. The van der Waals surface area contributed by atoms with Gasteiger partial charge in [-0.05, 0) is 18.1 Å². The van der Waals surface area contributed by atoms with Crippen molar-refractivity contribution in [3.63, 3.8) is 0 Å². The molecule has 1 fully saturated rings. The normalized spacial score (nSPS) is 26.3. The topological polar surface area (TPSA) is 97.4 Å². The molecule has 9 heteroatoms. The minimum Gasteiger partial charge on any atom is -0.455 e. The van der Waals surface area contributed by atoms with E-state index in [1.165, 1.54) is 20.8 Å². The lowest BCUT2D eigenvalue weighted by atomic mass is 10.1. The number of ether oxygens (including phenoxy) is 4. The fraction of sp³-hybridized carbons (Fsp3) is 0.824. The van der Waals surface area contributed by atoms with Crippen LogP contribution in [0.3, 0.4) is 0 Å². The molecule has 0 spiro atoms. The summed E-state index contributed by atoms with van der Waals surface area (Å²) in [6.07, 6.45) is -3.85. The Kier molecular flexibility index (Phi) is 7.38. The molecule has 1 saturated heterocycles. The van der Waals surface area contributed by atoms with E-state index in [-0.39, 0.29) is 11.6 Å². The van der Waals surface area contributed by atoms with Crippen LogP contribution in [0.5, 0.6) is 0 Å². The minimum atomic E-state index is -2.09. The van der Waals surface area contributed by atoms with Crippen LogP contribution in [-0.2, 0) is 37.8 Å². The van der Waals surface area contributed by atoms with Crippen molar-refractivity contribution in [3.05, 3.63) is 0 Å². The Hall–Kier alpha value is -1.45. The Morgan fingerprint density at radius 1 is 0.885 bits per heavy atom. The van der Waals surface area contributed by atoms with Crippen LogP contribution in [0.15, 0.2) is 0 Å². The van der Waals surface area contributed by atoms with Gasteiger partial charge in [0.05, 0.1) is 6.61 Å². The summed E-state index contributed by atoms with van der Waals surface area (Å²) in [4.78, 5) is 34.3. The van der Waals surface area contributed by atoms with Crippen molar-refractivity contribution in [2.75, 3.05) is 6.61 Å². The SMILES string of the molecule is CC(=O)OC1O[C@H](CO[Si](C)(C)C(C)(C)C)[C@@H](OC(C)=O)[C@H]1OC(C)=O. The third-order valence-electron chi connectivity index (χ3n) is 4.57. The van der Waals surface area contributed by atoms with E-state index < -0.39 is 50.8 Å². The summed E-state index contributed by atoms with van der Waals surface area (Å²) in [5, 5.41) is -0.0207. The molecule has 1 aliphatic rings. The fourth-order valence-corrected chi connectivity index (χ4v) is 3.26. The zero-order chi connectivity index (χ0) is 20.3. The molecule has 26 heavy (non-hydrogen) atoms. The second-order valence-electron chi connectivity index (χ2n) is 7.87. The first-order valence-corrected chi connectivity index (χ1v) is 11.5. The molecule has 150 valence electrons. The predicted molar refractivity (Wildman–Crippen MR) is 94.7 cm³/mol. The quantitative estimate of drug-likeness (QED) is 0.387. The molecule has 1 heterocycles. The van der Waals surface area contributed by atoms with Crippen LogP contribution < -0.4 is 0 Å². The van der Waals surface area contributed by atoms with Crippen LogP contribution in [0, 0.1) is 0 Å². The number of rotatable bonds is 6. The van der Waals surface area contributed by atoms with E-state index in [2.05, 4.69) is 33.9 Å². The van der Waals surface area contributed by atoms with Crippen LogP contribution >= 0.6 is 0 Å². The first kappa shape index (κ1) is 22.6. The van der Waals surface area contributed by atoms with E-state index in [1.807, 2.05) is 0 Å². The zero-order valence-corrected chi connectivity index (χ0v) is 17.8. The van der Waals surface area contributed by atoms with E-state index >= 15 is 0 Å². The smallest absolute Gasteiger partial charge is 0.305 e. The highest BCUT2D eigenvalue weighted by Crippen LogP contribution is 2.37. The van der Waals surface area contributed by atoms with Crippen LogP contribution in [-0.4, -0.2) is 57.4 Å². The van der Waals surface area contributed by atoms with Gasteiger partial charge in [0.25, 0.3) is 0 Å². The molecule has 0 aromatic rings. The molecule has 8 nitrogen and oxygen atoms in total. The molecular formula is C17H30O8Si. The second kappa shape index (κ2) is 8.49. The molecule has 0 radical (unpaired) electrons. The summed E-state index contributed by atoms with van der Waals surface area (Å²) >= 11 is 0. The van der Waals surface area contributed by atoms with E-state index in [1.54, 1.807) is 0 Å². The average molecular weight is 391 g/mol. The zero-order valence-electron chi connectivity index (χ0n) is 16.8. The third-order valence-corrected chi connectivity index (χ3v) is 9.07. The Balaban J connectivity index is 3.01. The van der Waals surface area contributed by atoms with Gasteiger partial charge in [0.15, 0.2) is 14.4 Å². The lowest BCUT2D eigenvalue weighted by Crippen LogP contribution is -2.46. The van der Waals surface area contributed by atoms with E-state index in [0.29, 0.717) is 0 Å². The van der Waals surface area contributed by atoms with Gasteiger partial charge in [-0.2, -0.15) is 0 Å². The van der Waals surface area contributed by atoms with Gasteiger partial charge in [0, 0.05) is 20.8 Å². The van der Waals surface area contributed by atoms with Crippen molar-refractivity contribution < 1.29 is 37.8 Å². The highest BCUT2D eigenvalue weighted by Gasteiger charge is 2.52. The molecule has 1 unspecified atom stereocenters. The number of carbonyl (C=O) groups is 3. The maximum absolute atomic E-state index is 11.5. The number of hydrogen-bond donors (Lipinski definition) is 0. The lowest BCUT2D eigenvalue weighted by Gasteiger charge is -2.37. The van der Waals surface area contributed by atoms with Gasteiger partial charge in [-0.15, -0.1) is 0 Å². The standard InChI is InChI=1S/C17H30O8Si/c1-10(18)22-14-13(9-21-26(7,8)17(4,5)6)25-16(24-12(3)20)15(14)23-11(2)19/h13-16H,9H2,1-8H3/t13-,14-,15-,16?/m1/s1. The lowest BCUT2D eigenvalue weighted by molar-refractivity contribution is -0.196. The van der Waals surface area contributed by atoms with Crippen LogP contribution in [0.1, 0.15) is 41.5 Å². The molecule has 1 aliphatic heterocycles. The number of esters is 3. The largest absolute Gasteiger partial charge is 0.455 e. The van der Waals surface area contributed by atoms with E-state index in [0.717, 1.165) is 0 Å². The summed E-state index contributed by atoms with van der Waals surface area (Å²) in [5.41, 5.74) is 0. The van der Waals surface area contributed by atoms with Crippen molar-refractivity contribution in [3.8, 4) is 0 Å². The second-order valence-corrected chi connectivity index (χ2v) is 12.7. The average Bonchev–Trinajstić information content (AvgIpc) is 2.71. The highest BCUT2D eigenvalue weighted by molar-refractivity contribution is 6.74. The predicted octanol–water partition coefficient (Wildman–Crippen LogP) is 2.16. The van der Waals surface area contributed by atoms with Gasteiger partial charge in [-0.25, -0.2) is 0 Å². The summed E-state index contributed by atoms with van der Waals surface area (Å²) in [6.45, 7) is 14.3. The maximum Gasteiger partial charge on any atom is 0.305 e. The molecular weight excluding hydrogens is 360 g/mol. The number of hydrogen-bond acceptors (Lipinski definition) is 8. The van der Waals surface area contributed by atoms with Gasteiger partial charge < -0.3 is 23.4 Å². The summed E-state index contributed by atoms with van der Waals surface area (Å²) in [6, 6.07) is 0. The van der Waals surface area contributed by atoms with Crippen LogP contribution in [0.2, 0.25) is 18.1 Å². The summed E-state index contributed by atoms with van der Waals surface area (Å²) in [7, 11) is -2.09. The molecule has 0 N–H and O–H groups in total. The van der Waals surface area contributed by atoms with Gasteiger partial charge in [-0.1, -0.05) is 20.8 Å². The molecule has 0 aliphatic carbocycles. The van der Waals surface area contributed by atoms with Gasteiger partial charge >= 0.3 is 17.9 Å². The summed E-state index contributed by atoms with van der Waals surface area (Å²) < 4.78 is 27.4. The number of carbonyl (C=O) groups excluding carboxylic acids is 3. The van der Waals surface area contributed by atoms with E-state index in [4.69, 9.17) is 23.4 Å². The molecule has 0 bridgehead atoms. The maximum atomic E-state index is 11.5. The first-order valence-electron chi connectivity index (χ1n) is 8.55. The molecule has 1 rings (SSSR count). The first-order chi connectivity index (χ1) is 11.7. The fourth-order valence-electron chi connectivity index (χ4n) is 2.24. The van der Waals surface area contributed by atoms with Crippen molar-refractivity contribution in [1.82, 2.24) is 0 Å². The molecule has 0 aromatic carbocycles. The van der Waals surface area contributed by atoms with Crippen molar-refractivity contribution in [2.45, 2.75) is 84.3 Å². The molecule has 4 atom stereocenters. The third kappa shape index (κ3) is 6.06. The highest BCUT2D eigenvalue weighted by atomic mass is 28.4. The molecule has 0 amide bonds. The van der Waals surface area contributed by atoms with Gasteiger partial charge in [-0.3, -0.25) is 14.4 Å². The Labute approximate surface area is 155 Å². The van der Waals surface area contributed by atoms with Crippen molar-refractivity contribution in [1.29, 1.82) is 0 Å². The van der Waals surface area contributed by atoms with Crippen molar-refractivity contribution in [2.24, 2.45) is 0 Å². The van der Waals surface area contributed by atoms with Gasteiger partial charge in [0.1, 0.15) is 6.10 Å². The molecule has 0 aromatic heterocycles. The Morgan fingerprint density at radius 3 is 1.77 bits per heavy atom. The Bertz CT molecular complexity index is 539. The van der Waals surface area contributed by atoms with Crippen LogP contribution in [0.25, 0.3) is 0 Å². The van der Waals surface area contributed by atoms with Crippen molar-refractivity contribution >= 4 is 26.2 Å².